The smallest absolute Gasteiger partial charge is 0.257 e. The molecule has 0 aromatic heterocycles. The second-order valence-corrected chi connectivity index (χ2v) is 5.55. The van der Waals surface area contributed by atoms with E-state index in [0.29, 0.717) is 5.69 Å². The maximum atomic E-state index is 13.0. The van der Waals surface area contributed by atoms with Crippen molar-refractivity contribution in [2.45, 2.75) is 0 Å². The fourth-order valence-electron chi connectivity index (χ4n) is 2.20. The molecule has 2 N–H and O–H groups in total. The second kappa shape index (κ2) is 7.15. The number of hydrogen-bond donors (Lipinski definition) is 2. The Bertz CT molecular complexity index is 851. The van der Waals surface area contributed by atoms with Gasteiger partial charge in [-0.2, -0.15) is 0 Å². The molecule has 0 saturated carbocycles. The van der Waals surface area contributed by atoms with Crippen LogP contribution < -0.4 is 10.6 Å². The Hall–Kier alpha value is -2.85. The minimum Gasteiger partial charge on any atom is -0.356 e. The highest BCUT2D eigenvalue weighted by Gasteiger charge is 2.11. The van der Waals surface area contributed by atoms with E-state index in [9.17, 15) is 9.18 Å². The molecule has 0 radical (unpaired) electrons. The van der Waals surface area contributed by atoms with Gasteiger partial charge in [-0.15, -0.1) is 0 Å². The molecule has 0 atom stereocenters. The third-order valence-electron chi connectivity index (χ3n) is 3.38. The van der Waals surface area contributed by atoms with Crippen LogP contribution in [0.2, 0.25) is 5.02 Å². The van der Waals surface area contributed by atoms with E-state index in [1.807, 2.05) is 42.5 Å². The van der Waals surface area contributed by atoms with E-state index in [4.69, 9.17) is 11.6 Å². The Labute approximate surface area is 144 Å². The Balaban J connectivity index is 1.68. The largest absolute Gasteiger partial charge is 0.356 e. The van der Waals surface area contributed by atoms with Crippen molar-refractivity contribution in [1.82, 2.24) is 0 Å². The maximum absolute atomic E-state index is 13.0. The minimum absolute atomic E-state index is 0.0786. The average Bonchev–Trinajstić information content (AvgIpc) is 2.57. The summed E-state index contributed by atoms with van der Waals surface area (Å²) in [6.45, 7) is 0. The number of carbonyl (C=O) groups is 1. The van der Waals surface area contributed by atoms with E-state index in [1.165, 1.54) is 12.1 Å². The standard InChI is InChI=1S/C19H14ClFN2O/c20-18-12-13(21)6-11-17(18)19(24)23-16-9-7-15(8-10-16)22-14-4-2-1-3-5-14/h1-12,22H,(H,23,24). The molecule has 1 amide bonds. The molecule has 120 valence electrons. The van der Waals surface area contributed by atoms with Crippen LogP contribution >= 0.6 is 11.6 Å². The summed E-state index contributed by atoms with van der Waals surface area (Å²) < 4.78 is 13.0. The molecule has 3 nitrogen and oxygen atoms in total. The van der Waals surface area contributed by atoms with Gasteiger partial charge in [-0.1, -0.05) is 29.8 Å². The van der Waals surface area contributed by atoms with Crippen LogP contribution in [0.15, 0.2) is 72.8 Å². The highest BCUT2D eigenvalue weighted by atomic mass is 35.5. The minimum atomic E-state index is -0.479. The molecular formula is C19H14ClFN2O. The Morgan fingerprint density at radius 3 is 2.12 bits per heavy atom. The van der Waals surface area contributed by atoms with Gasteiger partial charge in [0.15, 0.2) is 0 Å². The molecule has 3 aromatic carbocycles. The van der Waals surface area contributed by atoms with Crippen molar-refractivity contribution in [1.29, 1.82) is 0 Å². The van der Waals surface area contributed by atoms with Gasteiger partial charge in [0, 0.05) is 17.1 Å². The average molecular weight is 341 g/mol. The van der Waals surface area contributed by atoms with Crippen molar-refractivity contribution in [3.8, 4) is 0 Å². The lowest BCUT2D eigenvalue weighted by atomic mass is 10.2. The van der Waals surface area contributed by atoms with Crippen molar-refractivity contribution in [2.75, 3.05) is 10.6 Å². The number of rotatable bonds is 4. The Morgan fingerprint density at radius 2 is 1.46 bits per heavy atom. The molecule has 0 aliphatic rings. The van der Waals surface area contributed by atoms with Gasteiger partial charge in [0.05, 0.1) is 10.6 Å². The number of halogens is 2. The highest BCUT2D eigenvalue weighted by Crippen LogP contribution is 2.21. The molecular weight excluding hydrogens is 327 g/mol. The van der Waals surface area contributed by atoms with Gasteiger partial charge >= 0.3 is 0 Å². The summed E-state index contributed by atoms with van der Waals surface area (Å²) in [5.41, 5.74) is 2.73. The molecule has 0 unspecified atom stereocenters. The Kier molecular flexibility index (Phi) is 4.77. The van der Waals surface area contributed by atoms with Crippen LogP contribution in [-0.2, 0) is 0 Å². The summed E-state index contributed by atoms with van der Waals surface area (Å²) in [4.78, 5) is 12.2. The molecule has 0 spiro atoms. The van der Waals surface area contributed by atoms with E-state index in [2.05, 4.69) is 10.6 Å². The van der Waals surface area contributed by atoms with Crippen LogP contribution in [0.1, 0.15) is 10.4 Å². The quantitative estimate of drug-likeness (QED) is 0.660. The van der Waals surface area contributed by atoms with Crippen LogP contribution in [0, 0.1) is 5.82 Å². The predicted octanol–water partition coefficient (Wildman–Crippen LogP) is 5.48. The molecule has 0 aliphatic heterocycles. The van der Waals surface area contributed by atoms with E-state index in [1.54, 1.807) is 12.1 Å². The fourth-order valence-corrected chi connectivity index (χ4v) is 2.45. The van der Waals surface area contributed by atoms with Crippen LogP contribution in [0.25, 0.3) is 0 Å². The Morgan fingerprint density at radius 1 is 0.833 bits per heavy atom. The monoisotopic (exact) mass is 340 g/mol. The molecule has 24 heavy (non-hydrogen) atoms. The van der Waals surface area contributed by atoms with E-state index >= 15 is 0 Å². The van der Waals surface area contributed by atoms with Crippen molar-refractivity contribution in [3.63, 3.8) is 0 Å². The van der Waals surface area contributed by atoms with Gasteiger partial charge in [0.25, 0.3) is 5.91 Å². The summed E-state index contributed by atoms with van der Waals surface area (Å²) in [7, 11) is 0. The lowest BCUT2D eigenvalue weighted by molar-refractivity contribution is 0.102. The number of para-hydroxylation sites is 1. The second-order valence-electron chi connectivity index (χ2n) is 5.15. The molecule has 5 heteroatoms. The molecule has 0 aliphatic carbocycles. The van der Waals surface area contributed by atoms with Gasteiger partial charge in [-0.3, -0.25) is 4.79 Å². The van der Waals surface area contributed by atoms with Gasteiger partial charge < -0.3 is 10.6 Å². The molecule has 0 bridgehead atoms. The normalized spacial score (nSPS) is 10.2. The topological polar surface area (TPSA) is 41.1 Å². The molecule has 0 saturated heterocycles. The lowest BCUT2D eigenvalue weighted by Crippen LogP contribution is -2.12. The number of anilines is 3. The number of nitrogens with one attached hydrogen (secondary N) is 2. The summed E-state index contributed by atoms with van der Waals surface area (Å²) in [6, 6.07) is 20.7. The summed E-state index contributed by atoms with van der Waals surface area (Å²) in [5.74, 6) is -0.864. The SMILES string of the molecule is O=C(Nc1ccc(Nc2ccccc2)cc1)c1ccc(F)cc1Cl. The fraction of sp³-hybridized carbons (Fsp3) is 0. The third kappa shape index (κ3) is 3.91. The number of amides is 1. The number of carbonyl (C=O) groups excluding carboxylic acids is 1. The number of benzene rings is 3. The van der Waals surface area contributed by atoms with Crippen LogP contribution in [0.3, 0.4) is 0 Å². The van der Waals surface area contributed by atoms with E-state index in [-0.39, 0.29) is 16.5 Å². The highest BCUT2D eigenvalue weighted by molar-refractivity contribution is 6.34. The van der Waals surface area contributed by atoms with Gasteiger partial charge in [0.2, 0.25) is 0 Å². The third-order valence-corrected chi connectivity index (χ3v) is 3.69. The summed E-state index contributed by atoms with van der Waals surface area (Å²) >= 11 is 5.90. The first kappa shape index (κ1) is 16.0. The zero-order valence-electron chi connectivity index (χ0n) is 12.6. The molecule has 0 heterocycles. The first-order valence-electron chi connectivity index (χ1n) is 7.30. The zero-order valence-corrected chi connectivity index (χ0v) is 13.3. The van der Waals surface area contributed by atoms with Gasteiger partial charge in [0.1, 0.15) is 5.82 Å². The van der Waals surface area contributed by atoms with Gasteiger partial charge in [-0.05, 0) is 54.6 Å². The van der Waals surface area contributed by atoms with Crippen LogP contribution in [0.5, 0.6) is 0 Å². The predicted molar refractivity (Wildman–Crippen MR) is 95.5 cm³/mol. The zero-order chi connectivity index (χ0) is 16.9. The lowest BCUT2D eigenvalue weighted by Gasteiger charge is -2.09. The van der Waals surface area contributed by atoms with Crippen molar-refractivity contribution in [3.05, 3.63) is 89.2 Å². The molecule has 3 aromatic rings. The molecule has 0 fully saturated rings. The maximum Gasteiger partial charge on any atom is 0.257 e. The van der Waals surface area contributed by atoms with Crippen molar-refractivity contribution >= 4 is 34.6 Å². The molecule has 3 rings (SSSR count). The van der Waals surface area contributed by atoms with E-state index in [0.717, 1.165) is 17.4 Å². The van der Waals surface area contributed by atoms with Crippen LogP contribution in [0.4, 0.5) is 21.5 Å². The van der Waals surface area contributed by atoms with E-state index < -0.39 is 5.82 Å². The van der Waals surface area contributed by atoms with Gasteiger partial charge in [-0.25, -0.2) is 4.39 Å². The van der Waals surface area contributed by atoms with Crippen molar-refractivity contribution in [2.24, 2.45) is 0 Å². The van der Waals surface area contributed by atoms with Crippen molar-refractivity contribution < 1.29 is 9.18 Å². The number of hydrogen-bond acceptors (Lipinski definition) is 2. The van der Waals surface area contributed by atoms with Crippen LogP contribution in [-0.4, -0.2) is 5.91 Å². The first-order chi connectivity index (χ1) is 11.6. The first-order valence-corrected chi connectivity index (χ1v) is 7.68. The summed E-state index contributed by atoms with van der Waals surface area (Å²) in [5, 5.41) is 6.07. The summed E-state index contributed by atoms with van der Waals surface area (Å²) in [6.07, 6.45) is 0.